The zero-order valence-corrected chi connectivity index (χ0v) is 11.4. The van der Waals surface area contributed by atoms with Crippen molar-refractivity contribution in [2.75, 3.05) is 14.2 Å². The molecule has 0 aliphatic heterocycles. The number of methoxy groups -OCH3 is 1. The van der Waals surface area contributed by atoms with Gasteiger partial charge >= 0.3 is 5.97 Å². The molecule has 0 spiro atoms. The second-order valence-electron chi connectivity index (χ2n) is 4.22. The largest absolute Gasteiger partial charge is 0.463 e. The third-order valence-corrected chi connectivity index (χ3v) is 3.00. The van der Waals surface area contributed by atoms with Crippen LogP contribution in [0.5, 0.6) is 0 Å². The normalized spacial score (nSPS) is 12.2. The Morgan fingerprint density at radius 2 is 2.25 bits per heavy atom. The summed E-state index contributed by atoms with van der Waals surface area (Å²) in [6.07, 6.45) is 1.39. The molecule has 0 saturated heterocycles. The van der Waals surface area contributed by atoms with E-state index in [0.717, 1.165) is 0 Å². The summed E-state index contributed by atoms with van der Waals surface area (Å²) < 4.78 is 19.4. The summed E-state index contributed by atoms with van der Waals surface area (Å²) in [4.78, 5) is 15.2. The molecule has 0 saturated carbocycles. The summed E-state index contributed by atoms with van der Waals surface area (Å²) in [5, 5.41) is 7.08. The Morgan fingerprint density at radius 3 is 2.90 bits per heavy atom. The molecule has 2 rings (SSSR count). The predicted octanol–water partition coefficient (Wildman–Crippen LogP) is 1.47. The molecular formula is C13H15FN4O2. The zero-order chi connectivity index (χ0) is 14.7. The number of hydrogen-bond acceptors (Lipinski definition) is 5. The molecule has 1 aromatic carbocycles. The number of benzene rings is 1. The quantitative estimate of drug-likeness (QED) is 0.858. The molecule has 0 aliphatic carbocycles. The van der Waals surface area contributed by atoms with Gasteiger partial charge in [-0.1, -0.05) is 0 Å². The summed E-state index contributed by atoms with van der Waals surface area (Å²) in [6.45, 7) is 1.90. The van der Waals surface area contributed by atoms with Crippen molar-refractivity contribution in [1.29, 1.82) is 0 Å². The van der Waals surface area contributed by atoms with E-state index in [1.807, 2.05) is 6.92 Å². The molecule has 0 fully saturated rings. The SMILES string of the molecule is CNC(C)c1cc(F)ccc1-n1cnc(C(=O)OC)n1. The highest BCUT2D eigenvalue weighted by molar-refractivity contribution is 5.84. The third kappa shape index (κ3) is 2.67. The number of ether oxygens (including phenoxy) is 1. The fraction of sp³-hybridized carbons (Fsp3) is 0.308. The van der Waals surface area contributed by atoms with Crippen molar-refractivity contribution >= 4 is 5.97 Å². The molecule has 106 valence electrons. The van der Waals surface area contributed by atoms with E-state index >= 15 is 0 Å². The highest BCUT2D eigenvalue weighted by atomic mass is 19.1. The van der Waals surface area contributed by atoms with Crippen LogP contribution in [0.25, 0.3) is 5.69 Å². The Morgan fingerprint density at radius 1 is 1.50 bits per heavy atom. The molecule has 1 N–H and O–H groups in total. The Bertz CT molecular complexity index is 627. The van der Waals surface area contributed by atoms with Crippen LogP contribution >= 0.6 is 0 Å². The monoisotopic (exact) mass is 278 g/mol. The van der Waals surface area contributed by atoms with Gasteiger partial charge in [0.1, 0.15) is 12.1 Å². The third-order valence-electron chi connectivity index (χ3n) is 3.00. The van der Waals surface area contributed by atoms with Crippen LogP contribution in [-0.2, 0) is 4.74 Å². The summed E-state index contributed by atoms with van der Waals surface area (Å²) in [7, 11) is 3.04. The highest BCUT2D eigenvalue weighted by Gasteiger charge is 2.16. The highest BCUT2D eigenvalue weighted by Crippen LogP contribution is 2.22. The van der Waals surface area contributed by atoms with E-state index in [2.05, 4.69) is 20.1 Å². The van der Waals surface area contributed by atoms with Crippen LogP contribution in [-0.4, -0.2) is 34.9 Å². The molecule has 20 heavy (non-hydrogen) atoms. The van der Waals surface area contributed by atoms with Gasteiger partial charge in [0.25, 0.3) is 5.82 Å². The molecule has 7 heteroatoms. The van der Waals surface area contributed by atoms with Crippen molar-refractivity contribution in [3.8, 4) is 5.69 Å². The van der Waals surface area contributed by atoms with Gasteiger partial charge in [-0.2, -0.15) is 0 Å². The first-order valence-corrected chi connectivity index (χ1v) is 6.04. The zero-order valence-electron chi connectivity index (χ0n) is 11.4. The van der Waals surface area contributed by atoms with Gasteiger partial charge in [0.05, 0.1) is 12.8 Å². The number of nitrogens with one attached hydrogen (secondary N) is 1. The van der Waals surface area contributed by atoms with Crippen LogP contribution in [0.4, 0.5) is 4.39 Å². The number of halogens is 1. The average molecular weight is 278 g/mol. The number of carbonyl (C=O) groups is 1. The minimum Gasteiger partial charge on any atom is -0.463 e. The smallest absolute Gasteiger partial charge is 0.377 e. The van der Waals surface area contributed by atoms with Crippen molar-refractivity contribution in [2.45, 2.75) is 13.0 Å². The topological polar surface area (TPSA) is 69.0 Å². The lowest BCUT2D eigenvalue weighted by Gasteiger charge is -2.15. The molecule has 1 atom stereocenters. The van der Waals surface area contributed by atoms with Crippen molar-refractivity contribution in [1.82, 2.24) is 20.1 Å². The number of esters is 1. The van der Waals surface area contributed by atoms with Crippen LogP contribution in [0, 0.1) is 5.82 Å². The van der Waals surface area contributed by atoms with Gasteiger partial charge in [-0.3, -0.25) is 0 Å². The van der Waals surface area contributed by atoms with Crippen LogP contribution in [0.3, 0.4) is 0 Å². The van der Waals surface area contributed by atoms with Crippen LogP contribution in [0.2, 0.25) is 0 Å². The van der Waals surface area contributed by atoms with Crippen LogP contribution < -0.4 is 5.32 Å². The van der Waals surface area contributed by atoms with Gasteiger partial charge in [0.2, 0.25) is 0 Å². The van der Waals surface area contributed by atoms with E-state index in [1.165, 1.54) is 30.3 Å². The number of aromatic nitrogens is 3. The molecule has 2 aromatic rings. The molecule has 1 aromatic heterocycles. The van der Waals surface area contributed by atoms with Crippen molar-refractivity contribution < 1.29 is 13.9 Å². The minimum atomic E-state index is -0.617. The number of carbonyl (C=O) groups excluding carboxylic acids is 1. The Hall–Kier alpha value is -2.28. The summed E-state index contributed by atoms with van der Waals surface area (Å²) in [5.41, 5.74) is 1.37. The van der Waals surface area contributed by atoms with Gasteiger partial charge in [-0.15, -0.1) is 5.10 Å². The first-order valence-electron chi connectivity index (χ1n) is 6.04. The average Bonchev–Trinajstić information content (AvgIpc) is 2.95. The first-order chi connectivity index (χ1) is 9.56. The summed E-state index contributed by atoms with van der Waals surface area (Å²) in [5.74, 6) is -0.992. The van der Waals surface area contributed by atoms with Crippen molar-refractivity contribution in [3.05, 3.63) is 41.7 Å². The molecule has 1 heterocycles. The number of rotatable bonds is 4. The number of nitrogens with zero attached hydrogens (tertiary/aromatic N) is 3. The van der Waals surface area contributed by atoms with E-state index in [4.69, 9.17) is 0 Å². The summed E-state index contributed by atoms with van der Waals surface area (Å²) in [6, 6.07) is 4.27. The maximum Gasteiger partial charge on any atom is 0.377 e. The summed E-state index contributed by atoms with van der Waals surface area (Å²) >= 11 is 0. The van der Waals surface area contributed by atoms with Gasteiger partial charge < -0.3 is 10.1 Å². The second-order valence-corrected chi connectivity index (χ2v) is 4.22. The van der Waals surface area contributed by atoms with Crippen molar-refractivity contribution in [3.63, 3.8) is 0 Å². The molecule has 0 radical (unpaired) electrons. The van der Waals surface area contributed by atoms with Crippen LogP contribution in [0.1, 0.15) is 29.1 Å². The molecular weight excluding hydrogens is 263 g/mol. The lowest BCUT2D eigenvalue weighted by molar-refractivity contribution is 0.0587. The molecule has 1 unspecified atom stereocenters. The fourth-order valence-corrected chi connectivity index (χ4v) is 1.80. The Labute approximate surface area is 115 Å². The predicted molar refractivity (Wildman–Crippen MR) is 70.1 cm³/mol. The van der Waals surface area contributed by atoms with E-state index in [9.17, 15) is 9.18 Å². The van der Waals surface area contributed by atoms with E-state index in [0.29, 0.717) is 11.3 Å². The van der Waals surface area contributed by atoms with Gasteiger partial charge in [0.15, 0.2) is 0 Å². The van der Waals surface area contributed by atoms with Gasteiger partial charge in [0, 0.05) is 6.04 Å². The van der Waals surface area contributed by atoms with E-state index in [1.54, 1.807) is 13.1 Å². The Kier molecular flexibility index (Phi) is 4.09. The molecule has 0 aliphatic rings. The Balaban J connectivity index is 2.46. The fourth-order valence-electron chi connectivity index (χ4n) is 1.80. The van der Waals surface area contributed by atoms with Crippen molar-refractivity contribution in [2.24, 2.45) is 0 Å². The standard InChI is InChI=1S/C13H15FN4O2/c1-8(15-2)10-6-9(14)4-5-11(10)18-7-16-12(17-18)13(19)20-3/h4-8,15H,1-3H3. The lowest BCUT2D eigenvalue weighted by Crippen LogP contribution is -2.16. The van der Waals surface area contributed by atoms with Gasteiger partial charge in [-0.25, -0.2) is 18.9 Å². The van der Waals surface area contributed by atoms with E-state index in [-0.39, 0.29) is 17.7 Å². The lowest BCUT2D eigenvalue weighted by atomic mass is 10.1. The van der Waals surface area contributed by atoms with Crippen LogP contribution in [0.15, 0.2) is 24.5 Å². The van der Waals surface area contributed by atoms with E-state index < -0.39 is 5.97 Å². The molecule has 0 bridgehead atoms. The minimum absolute atomic E-state index is 0.0418. The maximum absolute atomic E-state index is 13.4. The first kappa shape index (κ1) is 14.1. The van der Waals surface area contributed by atoms with Gasteiger partial charge in [-0.05, 0) is 37.7 Å². The maximum atomic E-state index is 13.4. The second kappa shape index (κ2) is 5.79. The number of hydrogen-bond donors (Lipinski definition) is 1. The molecule has 0 amide bonds. The molecule has 6 nitrogen and oxygen atoms in total.